The lowest BCUT2D eigenvalue weighted by Gasteiger charge is -2.37. The monoisotopic (exact) mass is 326 g/mol. The minimum Gasteiger partial charge on any atom is -0.496 e. The molecule has 1 unspecified atom stereocenters. The molecule has 1 saturated heterocycles. The Morgan fingerprint density at radius 1 is 1.41 bits per heavy atom. The Morgan fingerprint density at radius 3 is 2.73 bits per heavy atom. The molecule has 1 aromatic carbocycles. The van der Waals surface area contributed by atoms with Crippen LogP contribution in [-0.4, -0.2) is 43.6 Å². The highest BCUT2D eigenvalue weighted by atomic mass is 35.5. The van der Waals surface area contributed by atoms with Crippen LogP contribution in [0.25, 0.3) is 0 Å². The van der Waals surface area contributed by atoms with Crippen LogP contribution < -0.4 is 10.1 Å². The summed E-state index contributed by atoms with van der Waals surface area (Å²) in [5.41, 5.74) is 0.660. The van der Waals surface area contributed by atoms with Gasteiger partial charge in [-0.1, -0.05) is 32.0 Å². The number of halogens is 1. The van der Waals surface area contributed by atoms with Gasteiger partial charge < -0.3 is 15.0 Å². The average molecular weight is 327 g/mol. The van der Waals surface area contributed by atoms with Crippen molar-refractivity contribution in [1.29, 1.82) is 0 Å². The van der Waals surface area contributed by atoms with Gasteiger partial charge in [0.15, 0.2) is 0 Å². The second-order valence-corrected chi connectivity index (χ2v) is 6.48. The summed E-state index contributed by atoms with van der Waals surface area (Å²) < 4.78 is 5.40. The normalized spacial score (nSPS) is 18.5. The highest BCUT2D eigenvalue weighted by Gasteiger charge is 2.34. The summed E-state index contributed by atoms with van der Waals surface area (Å²) in [5.74, 6) is 1.08. The molecule has 0 saturated carbocycles. The quantitative estimate of drug-likeness (QED) is 0.924. The first-order valence-corrected chi connectivity index (χ1v) is 7.58. The van der Waals surface area contributed by atoms with Gasteiger partial charge in [-0.2, -0.15) is 0 Å². The molecular formula is C17H27ClN2O2. The fourth-order valence-electron chi connectivity index (χ4n) is 2.95. The van der Waals surface area contributed by atoms with Crippen LogP contribution in [0.3, 0.4) is 0 Å². The van der Waals surface area contributed by atoms with Crippen molar-refractivity contribution in [2.24, 2.45) is 5.41 Å². The van der Waals surface area contributed by atoms with E-state index < -0.39 is 5.41 Å². The standard InChI is InChI=1S/C17H26N2O2.ClH/c1-13-12-19(10-9-18-13)16(20)17(2,3)11-14-7-5-6-8-15(14)21-4;/h5-8,13,18H,9-12H2,1-4H3;1H. The van der Waals surface area contributed by atoms with Crippen LogP contribution in [0.1, 0.15) is 26.3 Å². The molecule has 1 fully saturated rings. The lowest BCUT2D eigenvalue weighted by Crippen LogP contribution is -2.54. The molecule has 0 aromatic heterocycles. The van der Waals surface area contributed by atoms with E-state index in [1.165, 1.54) is 0 Å². The van der Waals surface area contributed by atoms with E-state index in [4.69, 9.17) is 4.74 Å². The van der Waals surface area contributed by atoms with Crippen LogP contribution in [0, 0.1) is 5.41 Å². The van der Waals surface area contributed by atoms with Crippen LogP contribution >= 0.6 is 12.4 Å². The Bertz CT molecular complexity index is 505. The molecule has 0 bridgehead atoms. The number of nitrogens with zero attached hydrogens (tertiary/aromatic N) is 1. The molecule has 22 heavy (non-hydrogen) atoms. The fourth-order valence-corrected chi connectivity index (χ4v) is 2.95. The van der Waals surface area contributed by atoms with E-state index in [0.717, 1.165) is 30.9 Å². The molecule has 0 aliphatic carbocycles. The third kappa shape index (κ3) is 4.37. The first kappa shape index (κ1) is 18.8. The maximum atomic E-state index is 12.8. The van der Waals surface area contributed by atoms with Crippen LogP contribution in [0.15, 0.2) is 24.3 Å². The van der Waals surface area contributed by atoms with Crippen LogP contribution in [0.4, 0.5) is 0 Å². The number of nitrogens with one attached hydrogen (secondary N) is 1. The Morgan fingerprint density at radius 2 is 2.09 bits per heavy atom. The Balaban J connectivity index is 0.00000242. The summed E-state index contributed by atoms with van der Waals surface area (Å²) >= 11 is 0. The smallest absolute Gasteiger partial charge is 0.228 e. The van der Waals surface area contributed by atoms with E-state index >= 15 is 0 Å². The van der Waals surface area contributed by atoms with Gasteiger partial charge in [-0.05, 0) is 25.0 Å². The summed E-state index contributed by atoms with van der Waals surface area (Å²) in [4.78, 5) is 14.8. The number of benzene rings is 1. The van der Waals surface area contributed by atoms with Crippen molar-refractivity contribution in [3.8, 4) is 5.75 Å². The van der Waals surface area contributed by atoms with Gasteiger partial charge in [-0.15, -0.1) is 12.4 Å². The molecule has 124 valence electrons. The van der Waals surface area contributed by atoms with Gasteiger partial charge >= 0.3 is 0 Å². The molecule has 2 rings (SSSR count). The molecule has 0 radical (unpaired) electrons. The van der Waals surface area contributed by atoms with Crippen molar-refractivity contribution in [1.82, 2.24) is 10.2 Å². The number of amides is 1. The summed E-state index contributed by atoms with van der Waals surface area (Å²) in [6.45, 7) is 8.61. The average Bonchev–Trinajstić information content (AvgIpc) is 2.46. The molecule has 1 atom stereocenters. The van der Waals surface area contributed by atoms with Crippen LogP contribution in [0.5, 0.6) is 5.75 Å². The topological polar surface area (TPSA) is 41.6 Å². The highest BCUT2D eigenvalue weighted by molar-refractivity contribution is 5.85. The Hall–Kier alpha value is -1.26. The van der Waals surface area contributed by atoms with Crippen molar-refractivity contribution in [3.05, 3.63) is 29.8 Å². The number of rotatable bonds is 4. The molecule has 1 aliphatic heterocycles. The number of piperazine rings is 1. The number of para-hydroxylation sites is 1. The van der Waals surface area contributed by atoms with Crippen molar-refractivity contribution < 1.29 is 9.53 Å². The summed E-state index contributed by atoms with van der Waals surface area (Å²) in [6, 6.07) is 8.29. The lowest BCUT2D eigenvalue weighted by molar-refractivity contribution is -0.141. The van der Waals surface area contributed by atoms with Crippen LogP contribution in [-0.2, 0) is 11.2 Å². The number of methoxy groups -OCH3 is 1. The maximum Gasteiger partial charge on any atom is 0.228 e. The third-order valence-corrected chi connectivity index (χ3v) is 4.06. The van der Waals surface area contributed by atoms with Crippen molar-refractivity contribution in [3.63, 3.8) is 0 Å². The molecule has 5 heteroatoms. The Kier molecular flexibility index (Phi) is 6.69. The summed E-state index contributed by atoms with van der Waals surface area (Å²) in [6.07, 6.45) is 0.689. The number of carbonyl (C=O) groups is 1. The van der Waals surface area contributed by atoms with Crippen LogP contribution in [0.2, 0.25) is 0 Å². The van der Waals surface area contributed by atoms with Gasteiger partial charge in [0.25, 0.3) is 0 Å². The van der Waals surface area contributed by atoms with Crippen molar-refractivity contribution in [2.45, 2.75) is 33.2 Å². The fraction of sp³-hybridized carbons (Fsp3) is 0.588. The predicted molar refractivity (Wildman–Crippen MR) is 91.8 cm³/mol. The number of carbonyl (C=O) groups excluding carboxylic acids is 1. The number of ether oxygens (including phenoxy) is 1. The van der Waals surface area contributed by atoms with Crippen molar-refractivity contribution >= 4 is 18.3 Å². The Labute approximate surface area is 139 Å². The van der Waals surface area contributed by atoms with E-state index in [-0.39, 0.29) is 18.3 Å². The number of hydrogen-bond acceptors (Lipinski definition) is 3. The number of hydrogen-bond donors (Lipinski definition) is 1. The van der Waals surface area contributed by atoms with Crippen molar-refractivity contribution in [2.75, 3.05) is 26.7 Å². The minimum atomic E-state index is -0.425. The van der Waals surface area contributed by atoms with Gasteiger partial charge in [0.05, 0.1) is 7.11 Å². The SMILES string of the molecule is COc1ccccc1CC(C)(C)C(=O)N1CCNC(C)C1.Cl. The highest BCUT2D eigenvalue weighted by Crippen LogP contribution is 2.29. The molecule has 0 spiro atoms. The molecule has 4 nitrogen and oxygen atoms in total. The second kappa shape index (κ2) is 7.84. The van der Waals surface area contributed by atoms with E-state index in [1.807, 2.05) is 43.0 Å². The van der Waals surface area contributed by atoms with Gasteiger partial charge in [0, 0.05) is 31.1 Å². The van der Waals surface area contributed by atoms with Gasteiger partial charge in [0.1, 0.15) is 5.75 Å². The zero-order valence-corrected chi connectivity index (χ0v) is 14.7. The lowest BCUT2D eigenvalue weighted by atomic mass is 9.83. The molecule has 1 N–H and O–H groups in total. The second-order valence-electron chi connectivity index (χ2n) is 6.48. The zero-order valence-electron chi connectivity index (χ0n) is 13.9. The first-order chi connectivity index (χ1) is 9.94. The molecule has 1 aromatic rings. The van der Waals surface area contributed by atoms with E-state index in [9.17, 15) is 4.79 Å². The molecular weight excluding hydrogens is 300 g/mol. The van der Waals surface area contributed by atoms with E-state index in [1.54, 1.807) is 7.11 Å². The maximum absolute atomic E-state index is 12.8. The first-order valence-electron chi connectivity index (χ1n) is 7.58. The van der Waals surface area contributed by atoms with E-state index in [2.05, 4.69) is 12.2 Å². The summed E-state index contributed by atoms with van der Waals surface area (Å²) in [5, 5.41) is 3.37. The molecule has 1 aliphatic rings. The summed E-state index contributed by atoms with van der Waals surface area (Å²) in [7, 11) is 1.67. The largest absolute Gasteiger partial charge is 0.496 e. The van der Waals surface area contributed by atoms with Gasteiger partial charge in [-0.25, -0.2) is 0 Å². The van der Waals surface area contributed by atoms with Gasteiger partial charge in [0.2, 0.25) is 5.91 Å². The minimum absolute atomic E-state index is 0. The predicted octanol–water partition coefficient (Wildman–Crippen LogP) is 2.51. The van der Waals surface area contributed by atoms with Gasteiger partial charge in [-0.3, -0.25) is 4.79 Å². The van der Waals surface area contributed by atoms with E-state index in [0.29, 0.717) is 12.5 Å². The third-order valence-electron chi connectivity index (χ3n) is 4.06. The molecule has 1 amide bonds. The molecule has 1 heterocycles. The zero-order chi connectivity index (χ0) is 15.5.